The van der Waals surface area contributed by atoms with Crippen LogP contribution < -0.4 is 5.32 Å². The van der Waals surface area contributed by atoms with Crippen molar-refractivity contribution in [1.29, 1.82) is 0 Å². The van der Waals surface area contributed by atoms with Gasteiger partial charge in [0.1, 0.15) is 0 Å². The van der Waals surface area contributed by atoms with Crippen molar-refractivity contribution in [3.63, 3.8) is 0 Å². The van der Waals surface area contributed by atoms with E-state index >= 15 is 0 Å². The van der Waals surface area contributed by atoms with Gasteiger partial charge in [0.15, 0.2) is 0 Å². The zero-order valence-electron chi connectivity index (χ0n) is 11.5. The number of nitrogens with one attached hydrogen (secondary N) is 1. The van der Waals surface area contributed by atoms with Crippen molar-refractivity contribution in [2.45, 2.75) is 45.6 Å². The van der Waals surface area contributed by atoms with Crippen LogP contribution in [0.2, 0.25) is 0 Å². The first-order valence-electron chi connectivity index (χ1n) is 6.52. The molecule has 0 saturated carbocycles. The number of ether oxygens (including phenoxy) is 1. The molecule has 1 N–H and O–H groups in total. The average molecular weight is 247 g/mol. The summed E-state index contributed by atoms with van der Waals surface area (Å²) >= 11 is 0. The highest BCUT2D eigenvalue weighted by Gasteiger charge is 2.29. The van der Waals surface area contributed by atoms with Gasteiger partial charge in [-0.3, -0.25) is 0 Å². The number of esters is 1. The molecule has 98 valence electrons. The van der Waals surface area contributed by atoms with Gasteiger partial charge in [0.25, 0.3) is 0 Å². The van der Waals surface area contributed by atoms with E-state index in [0.29, 0.717) is 18.1 Å². The standard InChI is InChI=1S/C15H21NO2/c1-5-18-14(17)11-6-7-13-12(8-11)10(2)9-15(3,4)16-13/h6-8,10,16H,5,9H2,1-4H3/t10-/m0/s1. The van der Waals surface area contributed by atoms with E-state index in [1.165, 1.54) is 5.56 Å². The molecule has 0 spiro atoms. The second-order valence-corrected chi connectivity index (χ2v) is 5.64. The molecular weight excluding hydrogens is 226 g/mol. The van der Waals surface area contributed by atoms with Crippen LogP contribution in [-0.2, 0) is 4.74 Å². The van der Waals surface area contributed by atoms with Gasteiger partial charge in [0.05, 0.1) is 12.2 Å². The van der Waals surface area contributed by atoms with Crippen molar-refractivity contribution in [3.05, 3.63) is 29.3 Å². The molecule has 0 bridgehead atoms. The van der Waals surface area contributed by atoms with Gasteiger partial charge >= 0.3 is 5.97 Å². The molecular formula is C15H21NO2. The first-order chi connectivity index (χ1) is 8.43. The summed E-state index contributed by atoms with van der Waals surface area (Å²) in [7, 11) is 0. The predicted octanol–water partition coefficient (Wildman–Crippen LogP) is 3.56. The molecule has 3 nitrogen and oxygen atoms in total. The molecule has 3 heteroatoms. The lowest BCUT2D eigenvalue weighted by Gasteiger charge is -2.37. The van der Waals surface area contributed by atoms with Gasteiger partial charge in [-0.05, 0) is 56.9 Å². The second kappa shape index (κ2) is 4.63. The molecule has 2 rings (SSSR count). The zero-order chi connectivity index (χ0) is 13.3. The number of hydrogen-bond donors (Lipinski definition) is 1. The summed E-state index contributed by atoms with van der Waals surface area (Å²) in [6.07, 6.45) is 1.06. The Morgan fingerprint density at radius 3 is 2.89 bits per heavy atom. The van der Waals surface area contributed by atoms with E-state index in [-0.39, 0.29) is 11.5 Å². The van der Waals surface area contributed by atoms with Gasteiger partial charge in [-0.2, -0.15) is 0 Å². The van der Waals surface area contributed by atoms with Gasteiger partial charge in [-0.1, -0.05) is 6.92 Å². The average Bonchev–Trinajstić information content (AvgIpc) is 2.27. The van der Waals surface area contributed by atoms with Crippen LogP contribution >= 0.6 is 0 Å². The van der Waals surface area contributed by atoms with Gasteiger partial charge in [0.2, 0.25) is 0 Å². The third kappa shape index (κ3) is 2.50. The molecule has 1 aromatic rings. The first kappa shape index (κ1) is 12.9. The molecule has 0 saturated heterocycles. The number of carbonyl (C=O) groups excluding carboxylic acids is 1. The maximum absolute atomic E-state index is 11.7. The van der Waals surface area contributed by atoms with E-state index in [0.717, 1.165) is 12.1 Å². The third-order valence-electron chi connectivity index (χ3n) is 3.38. The van der Waals surface area contributed by atoms with Gasteiger partial charge in [-0.25, -0.2) is 4.79 Å². The van der Waals surface area contributed by atoms with Crippen LogP contribution in [-0.4, -0.2) is 18.1 Å². The second-order valence-electron chi connectivity index (χ2n) is 5.64. The summed E-state index contributed by atoms with van der Waals surface area (Å²) in [5.41, 5.74) is 3.09. The highest BCUT2D eigenvalue weighted by atomic mass is 16.5. The Kier molecular flexibility index (Phi) is 3.33. The first-order valence-corrected chi connectivity index (χ1v) is 6.52. The van der Waals surface area contributed by atoms with E-state index in [9.17, 15) is 4.79 Å². The Hall–Kier alpha value is -1.51. The topological polar surface area (TPSA) is 38.3 Å². The van der Waals surface area contributed by atoms with Crippen molar-refractivity contribution < 1.29 is 9.53 Å². The number of rotatable bonds is 2. The molecule has 0 amide bonds. The molecule has 0 unspecified atom stereocenters. The van der Waals surface area contributed by atoms with Crippen LogP contribution in [0.25, 0.3) is 0 Å². The summed E-state index contributed by atoms with van der Waals surface area (Å²) in [5.74, 6) is 0.211. The molecule has 0 aromatic heterocycles. The zero-order valence-corrected chi connectivity index (χ0v) is 11.5. The number of hydrogen-bond acceptors (Lipinski definition) is 3. The third-order valence-corrected chi connectivity index (χ3v) is 3.38. The smallest absolute Gasteiger partial charge is 0.338 e. The minimum atomic E-state index is -0.239. The number of fused-ring (bicyclic) bond motifs is 1. The molecule has 1 heterocycles. The lowest BCUT2D eigenvalue weighted by Crippen LogP contribution is -2.36. The quantitative estimate of drug-likeness (QED) is 0.812. The maximum Gasteiger partial charge on any atom is 0.338 e. The SMILES string of the molecule is CCOC(=O)c1ccc2c(c1)[C@@H](C)CC(C)(C)N2. The van der Waals surface area contributed by atoms with Gasteiger partial charge in [0, 0.05) is 11.2 Å². The Morgan fingerprint density at radius 1 is 1.50 bits per heavy atom. The minimum Gasteiger partial charge on any atom is -0.462 e. The van der Waals surface area contributed by atoms with E-state index in [1.54, 1.807) is 0 Å². The largest absolute Gasteiger partial charge is 0.462 e. The predicted molar refractivity (Wildman–Crippen MR) is 73.1 cm³/mol. The summed E-state index contributed by atoms with van der Waals surface area (Å²) in [6, 6.07) is 5.77. The van der Waals surface area contributed by atoms with Crippen molar-refractivity contribution in [1.82, 2.24) is 0 Å². The van der Waals surface area contributed by atoms with Crippen molar-refractivity contribution in [3.8, 4) is 0 Å². The molecule has 1 aliphatic rings. The van der Waals surface area contributed by atoms with E-state index in [4.69, 9.17) is 4.74 Å². The number of carbonyl (C=O) groups is 1. The lowest BCUT2D eigenvalue weighted by atomic mass is 9.81. The fraction of sp³-hybridized carbons (Fsp3) is 0.533. The number of anilines is 1. The lowest BCUT2D eigenvalue weighted by molar-refractivity contribution is 0.0526. The van der Waals surface area contributed by atoms with Crippen LogP contribution in [0.4, 0.5) is 5.69 Å². The fourth-order valence-corrected chi connectivity index (χ4v) is 2.72. The van der Waals surface area contributed by atoms with Crippen molar-refractivity contribution in [2.24, 2.45) is 0 Å². The highest BCUT2D eigenvalue weighted by molar-refractivity contribution is 5.90. The Labute approximate surface area is 109 Å². The van der Waals surface area contributed by atoms with Crippen molar-refractivity contribution >= 4 is 11.7 Å². The Bertz CT molecular complexity index is 466. The number of benzene rings is 1. The molecule has 0 aliphatic carbocycles. The van der Waals surface area contributed by atoms with E-state index in [2.05, 4.69) is 26.1 Å². The van der Waals surface area contributed by atoms with Crippen LogP contribution in [0.1, 0.15) is 56.0 Å². The van der Waals surface area contributed by atoms with Crippen LogP contribution in [0, 0.1) is 0 Å². The monoisotopic (exact) mass is 247 g/mol. The molecule has 0 fully saturated rings. The van der Waals surface area contributed by atoms with Crippen LogP contribution in [0.15, 0.2) is 18.2 Å². The molecule has 18 heavy (non-hydrogen) atoms. The Morgan fingerprint density at radius 2 is 2.22 bits per heavy atom. The van der Waals surface area contributed by atoms with Crippen LogP contribution in [0.5, 0.6) is 0 Å². The molecule has 1 aliphatic heterocycles. The molecule has 1 aromatic carbocycles. The molecule has 0 radical (unpaired) electrons. The van der Waals surface area contributed by atoms with Crippen molar-refractivity contribution in [2.75, 3.05) is 11.9 Å². The summed E-state index contributed by atoms with van der Waals surface area (Å²) < 4.78 is 5.04. The van der Waals surface area contributed by atoms with Gasteiger partial charge < -0.3 is 10.1 Å². The maximum atomic E-state index is 11.7. The highest BCUT2D eigenvalue weighted by Crippen LogP contribution is 2.38. The normalized spacial score (nSPS) is 20.8. The Balaban J connectivity index is 2.33. The fourth-order valence-electron chi connectivity index (χ4n) is 2.72. The minimum absolute atomic E-state index is 0.109. The van der Waals surface area contributed by atoms with Crippen LogP contribution in [0.3, 0.4) is 0 Å². The van der Waals surface area contributed by atoms with E-state index in [1.807, 2.05) is 25.1 Å². The summed E-state index contributed by atoms with van der Waals surface area (Å²) in [4.78, 5) is 11.7. The van der Waals surface area contributed by atoms with E-state index < -0.39 is 0 Å². The summed E-state index contributed by atoms with van der Waals surface area (Å²) in [5, 5.41) is 3.51. The molecule has 1 atom stereocenters. The van der Waals surface area contributed by atoms with Gasteiger partial charge in [-0.15, -0.1) is 0 Å². The summed E-state index contributed by atoms with van der Waals surface area (Å²) in [6.45, 7) is 8.84.